The molecule has 1 aliphatic heterocycles. The number of fused-ring (bicyclic) bond motifs is 13. The summed E-state index contributed by atoms with van der Waals surface area (Å²) in [5.74, 6) is 1.76. The fourth-order valence-corrected chi connectivity index (χ4v) is 13.3. The van der Waals surface area contributed by atoms with E-state index in [-0.39, 0.29) is 30.8 Å². The number of aromatic nitrogens is 5. The second-order valence-electron chi connectivity index (χ2n) is 21.3. The zero-order valence-corrected chi connectivity index (χ0v) is 44.7. The van der Waals surface area contributed by atoms with Gasteiger partial charge in [0.05, 0.1) is 55.6 Å². The highest BCUT2D eigenvalue weighted by atomic mass is 16.5. The molecule has 0 unspecified atom stereocenters. The molecular formula is C75H53N7O. The van der Waals surface area contributed by atoms with Crippen LogP contribution in [0, 0.1) is 6.92 Å². The molecule has 6 heterocycles. The summed E-state index contributed by atoms with van der Waals surface area (Å²) in [6.07, 6.45) is 1.91. The molecule has 17 rings (SSSR count). The van der Waals surface area contributed by atoms with Gasteiger partial charge in [-0.3, -0.25) is 4.57 Å². The molecule has 8 heteroatoms. The van der Waals surface area contributed by atoms with Crippen LogP contribution < -0.4 is 14.5 Å². The number of nitrogens with zero attached hydrogens (tertiary/aromatic N) is 7. The first-order valence-corrected chi connectivity index (χ1v) is 27.6. The van der Waals surface area contributed by atoms with Crippen molar-refractivity contribution in [2.75, 3.05) is 16.5 Å². The zero-order chi connectivity index (χ0) is 63.5. The Morgan fingerprint density at radius 2 is 1.06 bits per heavy atom. The van der Waals surface area contributed by atoms with Crippen molar-refractivity contribution in [3.8, 4) is 45.3 Å². The van der Waals surface area contributed by atoms with E-state index in [4.69, 9.17) is 13.8 Å². The number of hydrogen-bond donors (Lipinski definition) is 0. The van der Waals surface area contributed by atoms with E-state index in [9.17, 15) is 9.60 Å². The fourth-order valence-electron chi connectivity index (χ4n) is 13.3. The highest BCUT2D eigenvalue weighted by Crippen LogP contribution is 2.55. The molecule has 1 aliphatic rings. The van der Waals surface area contributed by atoms with Crippen LogP contribution in [0.15, 0.2) is 255 Å². The Balaban J connectivity index is 0.826. The van der Waals surface area contributed by atoms with Crippen molar-refractivity contribution < 1.29 is 18.4 Å². The first-order valence-electron chi connectivity index (χ1n) is 32.6. The van der Waals surface area contributed by atoms with E-state index in [2.05, 4.69) is 45.6 Å². The van der Waals surface area contributed by atoms with E-state index >= 15 is 0 Å². The molecule has 394 valence electrons. The normalized spacial score (nSPS) is 14.7. The number of ether oxygens (including phenoxy) is 1. The van der Waals surface area contributed by atoms with E-state index in [1.54, 1.807) is 0 Å². The Labute approximate surface area is 492 Å². The van der Waals surface area contributed by atoms with Gasteiger partial charge < -0.3 is 28.2 Å². The van der Waals surface area contributed by atoms with Crippen molar-refractivity contribution in [1.82, 2.24) is 23.3 Å². The predicted molar refractivity (Wildman–Crippen MR) is 345 cm³/mol. The monoisotopic (exact) mass is 1080 g/mol. The Morgan fingerprint density at radius 3 is 1.78 bits per heavy atom. The van der Waals surface area contributed by atoms with Gasteiger partial charge in [0.2, 0.25) is 0 Å². The van der Waals surface area contributed by atoms with Crippen molar-refractivity contribution >= 4 is 110 Å². The largest absolute Gasteiger partial charge is 0.457 e. The van der Waals surface area contributed by atoms with Gasteiger partial charge in [0.25, 0.3) is 0 Å². The molecule has 0 atom stereocenters. The van der Waals surface area contributed by atoms with Crippen molar-refractivity contribution in [3.63, 3.8) is 0 Å². The van der Waals surface area contributed by atoms with Gasteiger partial charge in [0.15, 0.2) is 0 Å². The van der Waals surface area contributed by atoms with Gasteiger partial charge in [-0.1, -0.05) is 152 Å². The molecule has 0 spiro atoms. The molecule has 0 radical (unpaired) electrons. The van der Waals surface area contributed by atoms with Gasteiger partial charge in [-0.15, -0.1) is 0 Å². The van der Waals surface area contributed by atoms with E-state index in [0.717, 1.165) is 94.0 Å². The Bertz CT molecular complexity index is 5720. The van der Waals surface area contributed by atoms with E-state index < -0.39 is 14.0 Å². The maximum Gasteiger partial charge on any atom is 0.137 e. The number of rotatable bonds is 8. The number of hydrogen-bond acceptors (Lipinski definition) is 4. The first-order chi connectivity index (χ1) is 45.0. The van der Waals surface area contributed by atoms with Gasteiger partial charge in [-0.05, 0) is 109 Å². The molecule has 8 nitrogen and oxygen atoms in total. The fraction of sp³-hybridized carbons (Fsp3) is 0.0533. The summed E-state index contributed by atoms with van der Waals surface area (Å²) in [6.45, 7) is -3.18. The van der Waals surface area contributed by atoms with E-state index in [1.165, 1.54) is 9.13 Å². The quantitative estimate of drug-likeness (QED) is 0.152. The highest BCUT2D eigenvalue weighted by Gasteiger charge is 2.35. The van der Waals surface area contributed by atoms with Gasteiger partial charge in [0.1, 0.15) is 24.0 Å². The summed E-state index contributed by atoms with van der Waals surface area (Å²) < 4.78 is 105. The summed E-state index contributed by atoms with van der Waals surface area (Å²) in [5.41, 5.74) is 12.7. The summed E-state index contributed by atoms with van der Waals surface area (Å²) in [6, 6.07) is 71.8. The Hall–Kier alpha value is -10.8. The predicted octanol–water partition coefficient (Wildman–Crippen LogP) is 19.2. The van der Waals surface area contributed by atoms with Crippen LogP contribution in [-0.4, -0.2) is 29.9 Å². The number of aryl methyl sites for hydroxylation is 3. The van der Waals surface area contributed by atoms with Crippen LogP contribution in [0.5, 0.6) is 11.5 Å². The van der Waals surface area contributed by atoms with Crippen LogP contribution in [0.25, 0.3) is 121 Å². The molecule has 0 fully saturated rings. The minimum absolute atomic E-state index is 0.0908. The lowest BCUT2D eigenvalue weighted by Crippen LogP contribution is -2.25. The molecule has 0 N–H and O–H groups in total. The lowest BCUT2D eigenvalue weighted by Gasteiger charge is -2.26. The number of anilines is 4. The van der Waals surface area contributed by atoms with Gasteiger partial charge >= 0.3 is 0 Å². The lowest BCUT2D eigenvalue weighted by molar-refractivity contribution is 0.483. The van der Waals surface area contributed by atoms with E-state index in [1.807, 2.05) is 211 Å². The van der Waals surface area contributed by atoms with Crippen LogP contribution in [0.4, 0.5) is 22.7 Å². The van der Waals surface area contributed by atoms with Crippen LogP contribution in [-0.2, 0) is 14.0 Å². The van der Waals surface area contributed by atoms with Crippen molar-refractivity contribution in [3.05, 3.63) is 260 Å². The Kier molecular flexibility index (Phi) is 8.27. The van der Waals surface area contributed by atoms with Gasteiger partial charge in [0, 0.05) is 117 Å². The molecule has 16 aromatic rings. The summed E-state index contributed by atoms with van der Waals surface area (Å²) in [7, 11) is 0. The third kappa shape index (κ3) is 6.96. The molecule has 0 aliphatic carbocycles. The van der Waals surface area contributed by atoms with Crippen LogP contribution in [0.3, 0.4) is 0 Å². The molecule has 83 heavy (non-hydrogen) atoms. The standard InChI is InChI=1S/C75H53N7O/c1-47-41-69(76-45-60(47)48-21-6-4-7-22-48)82-65-40-37-51(81-63-33-16-10-27-54(63)55-28-11-17-34-64(55)81)43-59(65)56-39-38-53(44-68(56)82)83-52-26-20-25-50(42-52)79-46-80(67-36-19-18-35-66(67)79)75-73-71(57-29-12-14-31-61(57)77(73)2)70(49-23-8-5-9-24-49)72-58-30-13-15-32-62(58)78(3)74(72)75/h4-45H,46H2,1-3H3/i2D3,3D3,10D,16D,27D,33D. The molecule has 0 saturated carbocycles. The number of benzene rings is 11. The lowest BCUT2D eigenvalue weighted by atomic mass is 9.93. The van der Waals surface area contributed by atoms with Crippen LogP contribution in [0.1, 0.15) is 19.3 Å². The number of pyridine rings is 1. The SMILES string of the molecule is [2H]c1c([2H])c([2H])c2c(c1[2H])c1ccccc1n2-c1ccc2c(c1)c1ccc(Oc3cccc(N4CN(c5c6c(c(-c7ccccc7)c7c8ccccc8n(C([2H])([2H])[2H])c57)c5ccccc5n6C([2H])([2H])[2H])c5ccccc54)c3)cc1n2-c1cc(C)c(-c2ccccc2)cn1. The third-order valence-electron chi connectivity index (χ3n) is 16.8. The summed E-state index contributed by atoms with van der Waals surface area (Å²) in [4.78, 5) is 9.36. The smallest absolute Gasteiger partial charge is 0.137 e. The average Bonchev–Trinajstić information content (AvgIpc) is 1.50. The maximum atomic E-state index is 9.31. The van der Waals surface area contributed by atoms with Crippen molar-refractivity contribution in [2.45, 2.75) is 6.92 Å². The summed E-state index contributed by atoms with van der Waals surface area (Å²) >= 11 is 0. The van der Waals surface area contributed by atoms with Gasteiger partial charge in [-0.2, -0.15) is 0 Å². The minimum atomic E-state index is -2.71. The average molecular weight is 1080 g/mol. The molecule has 5 aromatic heterocycles. The zero-order valence-electron chi connectivity index (χ0n) is 54.7. The van der Waals surface area contributed by atoms with Crippen LogP contribution >= 0.6 is 0 Å². The van der Waals surface area contributed by atoms with Crippen molar-refractivity contribution in [2.24, 2.45) is 14.0 Å². The second-order valence-corrected chi connectivity index (χ2v) is 21.3. The Morgan fingerprint density at radius 1 is 0.446 bits per heavy atom. The maximum absolute atomic E-state index is 9.31. The molecule has 0 bridgehead atoms. The first kappa shape index (κ1) is 37.9. The highest BCUT2D eigenvalue weighted by molar-refractivity contribution is 6.33. The third-order valence-corrected chi connectivity index (χ3v) is 16.8. The second kappa shape index (κ2) is 18.1. The van der Waals surface area contributed by atoms with Crippen molar-refractivity contribution in [1.29, 1.82) is 0 Å². The topological polar surface area (TPSA) is 48.3 Å². The van der Waals surface area contributed by atoms with E-state index in [0.29, 0.717) is 66.7 Å². The summed E-state index contributed by atoms with van der Waals surface area (Å²) in [5, 5.41) is 5.80. The number of para-hydroxylation sites is 6. The van der Waals surface area contributed by atoms with Gasteiger partial charge in [-0.25, -0.2) is 4.98 Å². The minimum Gasteiger partial charge on any atom is -0.457 e. The van der Waals surface area contributed by atoms with Crippen LogP contribution in [0.2, 0.25) is 0 Å². The molecule has 11 aromatic carbocycles. The molecular weight excluding hydrogens is 1010 g/mol. The molecule has 0 saturated heterocycles. The molecule has 0 amide bonds.